The van der Waals surface area contributed by atoms with Crippen molar-refractivity contribution in [2.24, 2.45) is 0 Å². The minimum atomic E-state index is 0.727. The summed E-state index contributed by atoms with van der Waals surface area (Å²) < 4.78 is 10.7. The van der Waals surface area contributed by atoms with Crippen LogP contribution in [0.5, 0.6) is 11.5 Å². The quantitative estimate of drug-likeness (QED) is 0.657. The molecule has 1 aromatic heterocycles. The molecule has 0 N–H and O–H groups in total. The van der Waals surface area contributed by atoms with Crippen LogP contribution in [0.4, 0.5) is 0 Å². The second kappa shape index (κ2) is 4.67. The van der Waals surface area contributed by atoms with Gasteiger partial charge in [-0.1, -0.05) is 0 Å². The van der Waals surface area contributed by atoms with Gasteiger partial charge in [0.2, 0.25) is 0 Å². The maximum atomic E-state index is 5.40. The summed E-state index contributed by atoms with van der Waals surface area (Å²) in [6.45, 7) is 4.23. The first-order valence-corrected chi connectivity index (χ1v) is 6.55. The summed E-state index contributed by atoms with van der Waals surface area (Å²) in [6.07, 6.45) is 1.88. The molecule has 0 saturated carbocycles. The third-order valence-corrected chi connectivity index (χ3v) is 3.80. The Morgan fingerprint density at radius 3 is 2.15 bits per heavy atom. The van der Waals surface area contributed by atoms with E-state index in [0.717, 1.165) is 33.2 Å². The topological polar surface area (TPSA) is 31.4 Å². The van der Waals surface area contributed by atoms with Gasteiger partial charge in [0.05, 0.1) is 19.7 Å². The Labute approximate surface area is 118 Å². The average Bonchev–Trinajstić information content (AvgIpc) is 2.47. The van der Waals surface area contributed by atoms with Gasteiger partial charge in [0.25, 0.3) is 0 Å². The SMILES string of the molecule is COc1cc2cnc3cc(C)c(C)cc3c2cc1OC. The van der Waals surface area contributed by atoms with Crippen molar-refractivity contribution in [2.75, 3.05) is 14.2 Å². The molecule has 3 heteroatoms. The van der Waals surface area contributed by atoms with E-state index in [1.54, 1.807) is 14.2 Å². The molecule has 20 heavy (non-hydrogen) atoms. The lowest BCUT2D eigenvalue weighted by molar-refractivity contribution is 0.356. The lowest BCUT2D eigenvalue weighted by Crippen LogP contribution is -1.92. The van der Waals surface area contributed by atoms with E-state index in [-0.39, 0.29) is 0 Å². The van der Waals surface area contributed by atoms with E-state index < -0.39 is 0 Å². The summed E-state index contributed by atoms with van der Waals surface area (Å²) in [5.41, 5.74) is 3.53. The van der Waals surface area contributed by atoms with Gasteiger partial charge in [0.1, 0.15) is 0 Å². The van der Waals surface area contributed by atoms with Gasteiger partial charge in [0, 0.05) is 17.0 Å². The molecule has 3 rings (SSSR count). The first kappa shape index (κ1) is 12.7. The molecule has 3 nitrogen and oxygen atoms in total. The molecule has 0 amide bonds. The smallest absolute Gasteiger partial charge is 0.161 e. The van der Waals surface area contributed by atoms with Crippen LogP contribution in [-0.4, -0.2) is 19.2 Å². The fraction of sp³-hybridized carbons (Fsp3) is 0.235. The van der Waals surface area contributed by atoms with Crippen LogP contribution in [-0.2, 0) is 0 Å². The predicted molar refractivity (Wildman–Crippen MR) is 81.8 cm³/mol. The lowest BCUT2D eigenvalue weighted by atomic mass is 10.0. The summed E-state index contributed by atoms with van der Waals surface area (Å²) in [4.78, 5) is 4.55. The minimum Gasteiger partial charge on any atom is -0.493 e. The fourth-order valence-electron chi connectivity index (χ4n) is 2.50. The van der Waals surface area contributed by atoms with Crippen molar-refractivity contribution in [2.45, 2.75) is 13.8 Å². The Bertz CT molecular complexity index is 809. The van der Waals surface area contributed by atoms with Crippen LogP contribution in [0.3, 0.4) is 0 Å². The number of nitrogens with zero attached hydrogens (tertiary/aromatic N) is 1. The van der Waals surface area contributed by atoms with Crippen molar-refractivity contribution < 1.29 is 9.47 Å². The van der Waals surface area contributed by atoms with Crippen LogP contribution in [0.1, 0.15) is 11.1 Å². The van der Waals surface area contributed by atoms with E-state index in [0.29, 0.717) is 0 Å². The van der Waals surface area contributed by atoms with Gasteiger partial charge in [0.15, 0.2) is 11.5 Å². The van der Waals surface area contributed by atoms with Gasteiger partial charge in [-0.05, 0) is 54.6 Å². The fourth-order valence-corrected chi connectivity index (χ4v) is 2.50. The van der Waals surface area contributed by atoms with Gasteiger partial charge in [-0.25, -0.2) is 0 Å². The van der Waals surface area contributed by atoms with E-state index in [4.69, 9.17) is 9.47 Å². The first-order chi connectivity index (χ1) is 9.63. The van der Waals surface area contributed by atoms with Crippen molar-refractivity contribution in [1.82, 2.24) is 4.98 Å². The van der Waals surface area contributed by atoms with Crippen molar-refractivity contribution in [3.05, 3.63) is 41.6 Å². The number of aryl methyl sites for hydroxylation is 2. The maximum absolute atomic E-state index is 5.40. The van der Waals surface area contributed by atoms with Crippen molar-refractivity contribution in [3.63, 3.8) is 0 Å². The average molecular weight is 267 g/mol. The molecular weight excluding hydrogens is 250 g/mol. The molecule has 0 aliphatic heterocycles. The summed E-state index contributed by atoms with van der Waals surface area (Å²) in [5, 5.41) is 3.33. The molecule has 0 unspecified atom stereocenters. The molecule has 0 fully saturated rings. The Kier molecular flexibility index (Phi) is 2.97. The van der Waals surface area contributed by atoms with Crippen molar-refractivity contribution in [1.29, 1.82) is 0 Å². The molecule has 0 spiro atoms. The molecule has 0 atom stereocenters. The van der Waals surface area contributed by atoms with E-state index >= 15 is 0 Å². The van der Waals surface area contributed by atoms with E-state index in [1.165, 1.54) is 11.1 Å². The number of methoxy groups -OCH3 is 2. The number of hydrogen-bond donors (Lipinski definition) is 0. The molecule has 102 valence electrons. The van der Waals surface area contributed by atoms with Gasteiger partial charge < -0.3 is 9.47 Å². The molecule has 1 heterocycles. The number of benzene rings is 2. The van der Waals surface area contributed by atoms with Crippen molar-refractivity contribution in [3.8, 4) is 11.5 Å². The highest BCUT2D eigenvalue weighted by Crippen LogP contribution is 2.35. The number of pyridine rings is 1. The summed E-state index contributed by atoms with van der Waals surface area (Å²) in [7, 11) is 3.30. The second-order valence-electron chi connectivity index (χ2n) is 5.01. The number of fused-ring (bicyclic) bond motifs is 3. The highest BCUT2D eigenvalue weighted by molar-refractivity contribution is 6.06. The molecule has 0 bridgehead atoms. The highest BCUT2D eigenvalue weighted by Gasteiger charge is 2.10. The molecule has 3 aromatic rings. The number of rotatable bonds is 2. The van der Waals surface area contributed by atoms with Crippen LogP contribution < -0.4 is 9.47 Å². The normalized spacial score (nSPS) is 11.0. The minimum absolute atomic E-state index is 0.727. The Hall–Kier alpha value is -2.29. The maximum Gasteiger partial charge on any atom is 0.161 e. The van der Waals surface area contributed by atoms with E-state index in [1.807, 2.05) is 18.3 Å². The second-order valence-corrected chi connectivity index (χ2v) is 5.01. The highest BCUT2D eigenvalue weighted by atomic mass is 16.5. The zero-order chi connectivity index (χ0) is 14.3. The lowest BCUT2D eigenvalue weighted by Gasteiger charge is -2.11. The van der Waals surface area contributed by atoms with Crippen LogP contribution in [0, 0.1) is 13.8 Å². The van der Waals surface area contributed by atoms with Gasteiger partial charge in [-0.2, -0.15) is 0 Å². The predicted octanol–water partition coefficient (Wildman–Crippen LogP) is 4.02. The zero-order valence-electron chi connectivity index (χ0n) is 12.2. The zero-order valence-corrected chi connectivity index (χ0v) is 12.2. The number of hydrogen-bond acceptors (Lipinski definition) is 3. The summed E-state index contributed by atoms with van der Waals surface area (Å²) >= 11 is 0. The number of aromatic nitrogens is 1. The van der Waals surface area contributed by atoms with Gasteiger partial charge >= 0.3 is 0 Å². The van der Waals surface area contributed by atoms with Crippen LogP contribution in [0.25, 0.3) is 21.7 Å². The molecule has 0 radical (unpaired) electrons. The van der Waals surface area contributed by atoms with Crippen LogP contribution >= 0.6 is 0 Å². The van der Waals surface area contributed by atoms with Gasteiger partial charge in [-0.15, -0.1) is 0 Å². The number of ether oxygens (including phenoxy) is 2. The third kappa shape index (κ3) is 1.86. The van der Waals surface area contributed by atoms with E-state index in [9.17, 15) is 0 Å². The monoisotopic (exact) mass is 267 g/mol. The Balaban J connectivity index is 2.43. The Morgan fingerprint density at radius 1 is 0.800 bits per heavy atom. The van der Waals surface area contributed by atoms with Crippen molar-refractivity contribution >= 4 is 21.7 Å². The summed E-state index contributed by atoms with van der Waals surface area (Å²) in [6, 6.07) is 8.30. The molecule has 2 aromatic carbocycles. The standard InChI is InChI=1S/C17H17NO2/c1-10-5-14-13-8-17(20-4)16(19-3)7-12(13)9-18-15(14)6-11(10)2/h5-9H,1-4H3. The van der Waals surface area contributed by atoms with Crippen LogP contribution in [0.15, 0.2) is 30.5 Å². The third-order valence-electron chi connectivity index (χ3n) is 3.80. The largest absolute Gasteiger partial charge is 0.493 e. The van der Waals surface area contributed by atoms with Crippen LogP contribution in [0.2, 0.25) is 0 Å². The molecule has 0 aliphatic carbocycles. The molecule has 0 saturated heterocycles. The summed E-state index contributed by atoms with van der Waals surface area (Å²) in [5.74, 6) is 1.47. The Morgan fingerprint density at radius 2 is 1.45 bits per heavy atom. The molecular formula is C17H17NO2. The first-order valence-electron chi connectivity index (χ1n) is 6.55. The molecule has 0 aliphatic rings. The van der Waals surface area contributed by atoms with Gasteiger partial charge in [-0.3, -0.25) is 4.98 Å². The van der Waals surface area contributed by atoms with E-state index in [2.05, 4.69) is 31.0 Å².